The van der Waals surface area contributed by atoms with E-state index in [4.69, 9.17) is 0 Å². The Kier molecular flexibility index (Phi) is 4.66. The van der Waals surface area contributed by atoms with Crippen molar-refractivity contribution in [1.29, 1.82) is 0 Å². The first-order valence-corrected chi connectivity index (χ1v) is 8.66. The maximum atomic E-state index is 12.5. The van der Waals surface area contributed by atoms with Gasteiger partial charge in [0.2, 0.25) is 5.91 Å². The highest BCUT2D eigenvalue weighted by Gasteiger charge is 2.23. The third-order valence-electron chi connectivity index (χ3n) is 3.75. The van der Waals surface area contributed by atoms with Crippen molar-refractivity contribution in [1.82, 2.24) is 20.2 Å². The number of amides is 2. The minimum atomic E-state index is -0.192. The normalized spacial score (nSPS) is 17.1. The van der Waals surface area contributed by atoms with Gasteiger partial charge in [0.05, 0.1) is 6.20 Å². The molecule has 23 heavy (non-hydrogen) atoms. The van der Waals surface area contributed by atoms with E-state index in [0.29, 0.717) is 18.7 Å². The molecule has 0 saturated carbocycles. The lowest BCUT2D eigenvalue weighted by atomic mass is 10.2. The molecule has 2 amide bonds. The Bertz CT molecular complexity index is 714. The fraction of sp³-hybridized carbons (Fsp3) is 0.312. The molecule has 1 aromatic carbocycles. The van der Waals surface area contributed by atoms with E-state index >= 15 is 0 Å². The quantitative estimate of drug-likeness (QED) is 0.817. The Hall–Kier alpha value is -2.28. The van der Waals surface area contributed by atoms with Gasteiger partial charge < -0.3 is 10.6 Å². The van der Waals surface area contributed by atoms with E-state index in [1.165, 1.54) is 11.8 Å². The summed E-state index contributed by atoms with van der Waals surface area (Å²) in [5.41, 5.74) is 1.39. The molecule has 0 bridgehead atoms. The van der Waals surface area contributed by atoms with Crippen molar-refractivity contribution in [3.8, 4) is 5.69 Å². The molecule has 6 nitrogen and oxygen atoms in total. The van der Waals surface area contributed by atoms with E-state index in [1.807, 2.05) is 41.2 Å². The molecular formula is C16H18N4O2S. The Labute approximate surface area is 138 Å². The topological polar surface area (TPSA) is 76.0 Å². The fourth-order valence-corrected chi connectivity index (χ4v) is 3.15. The molecule has 1 aromatic heterocycles. The molecule has 0 unspecified atom stereocenters. The van der Waals surface area contributed by atoms with E-state index in [-0.39, 0.29) is 17.9 Å². The smallest absolute Gasteiger partial charge is 0.270 e. The molecule has 0 spiro atoms. The van der Waals surface area contributed by atoms with Crippen LogP contribution in [0.5, 0.6) is 0 Å². The van der Waals surface area contributed by atoms with Crippen molar-refractivity contribution in [3.05, 3.63) is 42.2 Å². The predicted octanol–water partition coefficient (Wildman–Crippen LogP) is 1.60. The lowest BCUT2D eigenvalue weighted by Crippen LogP contribution is -2.38. The molecule has 3 rings (SSSR count). The van der Waals surface area contributed by atoms with Crippen LogP contribution >= 0.6 is 11.8 Å². The number of nitrogens with one attached hydrogen (secondary N) is 2. The summed E-state index contributed by atoms with van der Waals surface area (Å²) in [5.74, 6) is -0.147. The summed E-state index contributed by atoms with van der Waals surface area (Å²) in [5, 5.41) is 6.49. The lowest BCUT2D eigenvalue weighted by molar-refractivity contribution is -0.119. The Morgan fingerprint density at radius 1 is 1.43 bits per heavy atom. The van der Waals surface area contributed by atoms with Crippen LogP contribution in [0.4, 0.5) is 0 Å². The standard InChI is InChI=1S/C16H18N4O2S/c1-23-16-18-10-13(20(16)12-5-3-2-4-6-12)15(22)17-9-11-7-8-14(21)19-11/h2-6,10-11H,7-9H2,1H3,(H,17,22)(H,19,21)/t11-/m0/s1. The monoisotopic (exact) mass is 330 g/mol. The highest BCUT2D eigenvalue weighted by molar-refractivity contribution is 7.98. The second-order valence-corrected chi connectivity index (χ2v) is 6.09. The van der Waals surface area contributed by atoms with Crippen LogP contribution in [0.1, 0.15) is 23.3 Å². The van der Waals surface area contributed by atoms with E-state index in [9.17, 15) is 9.59 Å². The molecule has 2 N–H and O–H groups in total. The van der Waals surface area contributed by atoms with E-state index in [0.717, 1.165) is 17.3 Å². The molecule has 1 aliphatic heterocycles. The van der Waals surface area contributed by atoms with Crippen LogP contribution < -0.4 is 10.6 Å². The number of benzene rings is 1. The summed E-state index contributed by atoms with van der Waals surface area (Å²) in [6.07, 6.45) is 4.80. The molecule has 1 aliphatic rings. The molecular weight excluding hydrogens is 312 g/mol. The van der Waals surface area contributed by atoms with Gasteiger partial charge in [-0.15, -0.1) is 0 Å². The number of aromatic nitrogens is 2. The number of hydrogen-bond acceptors (Lipinski definition) is 4. The van der Waals surface area contributed by atoms with Gasteiger partial charge in [-0.1, -0.05) is 30.0 Å². The zero-order valence-electron chi connectivity index (χ0n) is 12.8. The molecule has 0 aliphatic carbocycles. The number of carbonyl (C=O) groups excluding carboxylic acids is 2. The first kappa shape index (κ1) is 15.6. The number of nitrogens with zero attached hydrogens (tertiary/aromatic N) is 2. The van der Waals surface area contributed by atoms with Crippen LogP contribution in [-0.4, -0.2) is 40.2 Å². The second-order valence-electron chi connectivity index (χ2n) is 5.31. The van der Waals surface area contributed by atoms with Gasteiger partial charge in [-0.3, -0.25) is 14.2 Å². The summed E-state index contributed by atoms with van der Waals surface area (Å²) in [6.45, 7) is 0.430. The molecule has 1 saturated heterocycles. The number of hydrogen-bond donors (Lipinski definition) is 2. The van der Waals surface area contributed by atoms with E-state index in [2.05, 4.69) is 15.6 Å². The first-order valence-electron chi connectivity index (χ1n) is 7.43. The maximum Gasteiger partial charge on any atom is 0.270 e. The van der Waals surface area contributed by atoms with Gasteiger partial charge in [-0.2, -0.15) is 0 Å². The number of imidazole rings is 1. The number of carbonyl (C=O) groups is 2. The number of thioether (sulfide) groups is 1. The molecule has 2 heterocycles. The van der Waals surface area contributed by atoms with Crippen molar-refractivity contribution in [2.45, 2.75) is 24.0 Å². The molecule has 1 fully saturated rings. The largest absolute Gasteiger partial charge is 0.352 e. The molecule has 120 valence electrons. The van der Waals surface area contributed by atoms with Crippen molar-refractivity contribution < 1.29 is 9.59 Å². The van der Waals surface area contributed by atoms with Gasteiger partial charge >= 0.3 is 0 Å². The van der Waals surface area contributed by atoms with Crippen LogP contribution in [0, 0.1) is 0 Å². The average molecular weight is 330 g/mol. The van der Waals surface area contributed by atoms with Crippen LogP contribution in [0.2, 0.25) is 0 Å². The van der Waals surface area contributed by atoms with Crippen LogP contribution in [-0.2, 0) is 4.79 Å². The van der Waals surface area contributed by atoms with Gasteiger partial charge in [-0.05, 0) is 24.8 Å². The molecule has 0 radical (unpaired) electrons. The van der Waals surface area contributed by atoms with Gasteiger partial charge in [-0.25, -0.2) is 4.98 Å². The zero-order chi connectivity index (χ0) is 16.2. The minimum absolute atomic E-state index is 0.0135. The van der Waals surface area contributed by atoms with Gasteiger partial charge in [0.15, 0.2) is 5.16 Å². The second kappa shape index (κ2) is 6.87. The predicted molar refractivity (Wildman–Crippen MR) is 88.8 cm³/mol. The van der Waals surface area contributed by atoms with E-state index in [1.54, 1.807) is 6.20 Å². The van der Waals surface area contributed by atoms with Crippen molar-refractivity contribution in [2.75, 3.05) is 12.8 Å². The molecule has 2 aromatic rings. The average Bonchev–Trinajstić information content (AvgIpc) is 3.19. The molecule has 7 heteroatoms. The Morgan fingerprint density at radius 2 is 2.22 bits per heavy atom. The highest BCUT2D eigenvalue weighted by atomic mass is 32.2. The van der Waals surface area contributed by atoms with Crippen LogP contribution in [0.25, 0.3) is 5.69 Å². The highest BCUT2D eigenvalue weighted by Crippen LogP contribution is 2.21. The first-order chi connectivity index (χ1) is 11.2. The van der Waals surface area contributed by atoms with Crippen LogP contribution in [0.3, 0.4) is 0 Å². The third kappa shape index (κ3) is 3.39. The van der Waals surface area contributed by atoms with Crippen molar-refractivity contribution in [3.63, 3.8) is 0 Å². The van der Waals surface area contributed by atoms with Gasteiger partial charge in [0, 0.05) is 24.7 Å². The number of para-hydroxylation sites is 1. The van der Waals surface area contributed by atoms with Gasteiger partial charge in [0.1, 0.15) is 5.69 Å². The Balaban J connectivity index is 1.78. The van der Waals surface area contributed by atoms with E-state index < -0.39 is 0 Å². The summed E-state index contributed by atoms with van der Waals surface area (Å²) in [7, 11) is 0. The maximum absolute atomic E-state index is 12.5. The van der Waals surface area contributed by atoms with Crippen molar-refractivity contribution >= 4 is 23.6 Å². The number of rotatable bonds is 5. The third-order valence-corrected chi connectivity index (χ3v) is 4.41. The van der Waals surface area contributed by atoms with Gasteiger partial charge in [0.25, 0.3) is 5.91 Å². The zero-order valence-corrected chi connectivity index (χ0v) is 13.6. The van der Waals surface area contributed by atoms with Crippen LogP contribution in [0.15, 0.2) is 41.7 Å². The lowest BCUT2D eigenvalue weighted by Gasteiger charge is -2.13. The Morgan fingerprint density at radius 3 is 2.87 bits per heavy atom. The summed E-state index contributed by atoms with van der Waals surface area (Å²) < 4.78 is 1.84. The minimum Gasteiger partial charge on any atom is -0.352 e. The summed E-state index contributed by atoms with van der Waals surface area (Å²) >= 11 is 1.49. The summed E-state index contributed by atoms with van der Waals surface area (Å²) in [4.78, 5) is 28.0. The SMILES string of the molecule is CSc1ncc(C(=O)NC[C@@H]2CCC(=O)N2)n1-c1ccccc1. The fourth-order valence-electron chi connectivity index (χ4n) is 2.60. The summed E-state index contributed by atoms with van der Waals surface area (Å²) in [6, 6.07) is 9.68. The van der Waals surface area contributed by atoms with Crippen molar-refractivity contribution in [2.24, 2.45) is 0 Å². The molecule has 1 atom stereocenters.